The zero-order chi connectivity index (χ0) is 24.3. The van der Waals surface area contributed by atoms with Crippen molar-refractivity contribution in [2.75, 3.05) is 39.8 Å². The Balaban J connectivity index is 1.44. The van der Waals surface area contributed by atoms with E-state index in [1.807, 2.05) is 30.3 Å². The molecule has 1 atom stereocenters. The van der Waals surface area contributed by atoms with Crippen molar-refractivity contribution in [2.45, 2.75) is 50.9 Å². The van der Waals surface area contributed by atoms with E-state index in [0.717, 1.165) is 37.8 Å². The van der Waals surface area contributed by atoms with Crippen LogP contribution in [0.3, 0.4) is 0 Å². The summed E-state index contributed by atoms with van der Waals surface area (Å²) in [7, 11) is 1.75. The van der Waals surface area contributed by atoms with Gasteiger partial charge in [-0.3, -0.25) is 14.6 Å². The number of alkyl halides is 3. The van der Waals surface area contributed by atoms with E-state index in [9.17, 15) is 18.0 Å². The Bertz CT molecular complexity index is 967. The van der Waals surface area contributed by atoms with E-state index in [2.05, 4.69) is 9.80 Å². The highest BCUT2D eigenvalue weighted by molar-refractivity contribution is 5.83. The normalized spacial score (nSPS) is 19.0. The first-order valence-corrected chi connectivity index (χ1v) is 12.2. The number of carbonyl (C=O) groups is 1. The number of likely N-dealkylation sites (N-methyl/N-ethyl adjacent to an activating group) is 1. The number of nitrogens with zero attached hydrogens (tertiary/aromatic N) is 3. The third kappa shape index (κ3) is 5.81. The molecule has 7 heteroatoms. The quantitative estimate of drug-likeness (QED) is 0.571. The highest BCUT2D eigenvalue weighted by atomic mass is 19.4. The second-order valence-corrected chi connectivity index (χ2v) is 9.68. The van der Waals surface area contributed by atoms with Gasteiger partial charge in [0.05, 0.1) is 5.56 Å². The topological polar surface area (TPSA) is 26.8 Å². The number of piperazine rings is 1. The molecule has 0 bridgehead atoms. The van der Waals surface area contributed by atoms with E-state index in [4.69, 9.17) is 0 Å². The number of benzene rings is 2. The standard InChI is InChI=1S/C27H34F3N3O/c1-20-17-21(19-23(18-20)27(28,29)30)11-12-31(2)26(34)25(22-7-4-3-5-8-22)33-15-13-32(14-16-33)24-9-6-10-24/h3-5,7-8,17-19,24-25H,6,9-16H2,1-2H3. The predicted octanol–water partition coefficient (Wildman–Crippen LogP) is 4.93. The van der Waals surface area contributed by atoms with Gasteiger partial charge in [-0.15, -0.1) is 0 Å². The molecule has 2 aromatic carbocycles. The largest absolute Gasteiger partial charge is 0.416 e. The van der Waals surface area contributed by atoms with Crippen LogP contribution >= 0.6 is 0 Å². The first kappa shape index (κ1) is 24.7. The van der Waals surface area contributed by atoms with Crippen molar-refractivity contribution in [1.29, 1.82) is 0 Å². The van der Waals surface area contributed by atoms with Crippen LogP contribution in [0.5, 0.6) is 0 Å². The number of carbonyl (C=O) groups excluding carboxylic acids is 1. The minimum absolute atomic E-state index is 0.00741. The number of halogens is 3. The van der Waals surface area contributed by atoms with Gasteiger partial charge in [-0.05, 0) is 49.4 Å². The van der Waals surface area contributed by atoms with E-state index in [-0.39, 0.29) is 11.9 Å². The summed E-state index contributed by atoms with van der Waals surface area (Å²) < 4.78 is 39.6. The number of aryl methyl sites for hydroxylation is 1. The molecule has 2 fully saturated rings. The average molecular weight is 474 g/mol. The zero-order valence-electron chi connectivity index (χ0n) is 20.0. The molecule has 184 valence electrons. The molecule has 4 rings (SSSR count). The Morgan fingerprint density at radius 2 is 1.74 bits per heavy atom. The van der Waals surface area contributed by atoms with E-state index in [1.54, 1.807) is 24.9 Å². The summed E-state index contributed by atoms with van der Waals surface area (Å²) in [6, 6.07) is 14.3. The van der Waals surface area contributed by atoms with Crippen LogP contribution in [0, 0.1) is 6.92 Å². The maximum absolute atomic E-state index is 13.6. The molecular formula is C27H34F3N3O. The minimum Gasteiger partial charge on any atom is -0.344 e. The van der Waals surface area contributed by atoms with Crippen LogP contribution in [-0.4, -0.2) is 66.4 Å². The average Bonchev–Trinajstić information content (AvgIpc) is 2.77. The summed E-state index contributed by atoms with van der Waals surface area (Å²) in [5.74, 6) is -0.00741. The van der Waals surface area contributed by atoms with Crippen LogP contribution < -0.4 is 0 Å². The molecule has 4 nitrogen and oxygen atoms in total. The summed E-state index contributed by atoms with van der Waals surface area (Å²) in [5, 5.41) is 0. The molecule has 2 aliphatic rings. The van der Waals surface area contributed by atoms with E-state index in [1.165, 1.54) is 25.3 Å². The molecule has 34 heavy (non-hydrogen) atoms. The molecule has 2 aromatic rings. The van der Waals surface area contributed by atoms with Crippen molar-refractivity contribution in [1.82, 2.24) is 14.7 Å². The highest BCUT2D eigenvalue weighted by Crippen LogP contribution is 2.31. The van der Waals surface area contributed by atoms with Gasteiger partial charge in [0.25, 0.3) is 0 Å². The summed E-state index contributed by atoms with van der Waals surface area (Å²) in [4.78, 5) is 20.1. The van der Waals surface area contributed by atoms with Crippen LogP contribution in [-0.2, 0) is 17.4 Å². The van der Waals surface area contributed by atoms with Crippen molar-refractivity contribution in [3.8, 4) is 0 Å². The van der Waals surface area contributed by atoms with E-state index < -0.39 is 11.7 Å². The van der Waals surface area contributed by atoms with Gasteiger partial charge in [0.2, 0.25) is 5.91 Å². The fraction of sp³-hybridized carbons (Fsp3) is 0.519. The monoisotopic (exact) mass is 473 g/mol. The third-order valence-electron chi connectivity index (χ3n) is 7.23. The molecule has 1 aliphatic heterocycles. The minimum atomic E-state index is -4.37. The maximum Gasteiger partial charge on any atom is 0.416 e. The fourth-order valence-electron chi connectivity index (χ4n) is 5.04. The van der Waals surface area contributed by atoms with Crippen molar-refractivity contribution in [3.05, 3.63) is 70.8 Å². The molecule has 0 N–H and O–H groups in total. The maximum atomic E-state index is 13.6. The van der Waals surface area contributed by atoms with Crippen LogP contribution in [0.2, 0.25) is 0 Å². The summed E-state index contributed by atoms with van der Waals surface area (Å²) in [5.41, 5.74) is 1.50. The summed E-state index contributed by atoms with van der Waals surface area (Å²) >= 11 is 0. The SMILES string of the molecule is Cc1cc(CCN(C)C(=O)C(c2ccccc2)N2CCN(C3CCC3)CC2)cc(C(F)(F)F)c1. The lowest BCUT2D eigenvalue weighted by atomic mass is 9.91. The first-order valence-electron chi connectivity index (χ1n) is 12.2. The Kier molecular flexibility index (Phi) is 7.63. The number of hydrogen-bond donors (Lipinski definition) is 0. The summed E-state index contributed by atoms with van der Waals surface area (Å²) in [6.07, 6.45) is -0.129. The molecule has 1 aliphatic carbocycles. The molecule has 1 heterocycles. The van der Waals surface area contributed by atoms with Crippen LogP contribution in [0.25, 0.3) is 0 Å². The van der Waals surface area contributed by atoms with Crippen LogP contribution in [0.15, 0.2) is 48.5 Å². The zero-order valence-corrected chi connectivity index (χ0v) is 20.0. The smallest absolute Gasteiger partial charge is 0.344 e. The molecule has 1 unspecified atom stereocenters. The van der Waals surface area contributed by atoms with Gasteiger partial charge < -0.3 is 4.90 Å². The Labute approximate surface area is 200 Å². The second-order valence-electron chi connectivity index (χ2n) is 9.68. The van der Waals surface area contributed by atoms with Gasteiger partial charge >= 0.3 is 6.18 Å². The Hall–Kier alpha value is -2.38. The first-order chi connectivity index (χ1) is 16.2. The molecule has 0 spiro atoms. The van der Waals surface area contributed by atoms with Crippen molar-refractivity contribution in [3.63, 3.8) is 0 Å². The number of amides is 1. The molecule has 1 saturated carbocycles. The van der Waals surface area contributed by atoms with Gasteiger partial charge in [0.15, 0.2) is 0 Å². The van der Waals surface area contributed by atoms with Crippen LogP contribution in [0.4, 0.5) is 13.2 Å². The predicted molar refractivity (Wildman–Crippen MR) is 127 cm³/mol. The van der Waals surface area contributed by atoms with Gasteiger partial charge in [-0.1, -0.05) is 48.4 Å². The molecule has 0 aromatic heterocycles. The van der Waals surface area contributed by atoms with Crippen molar-refractivity contribution < 1.29 is 18.0 Å². The van der Waals surface area contributed by atoms with E-state index in [0.29, 0.717) is 30.1 Å². The van der Waals surface area contributed by atoms with Gasteiger partial charge in [-0.25, -0.2) is 0 Å². The number of hydrogen-bond acceptors (Lipinski definition) is 3. The molecule has 0 radical (unpaired) electrons. The molecule has 1 amide bonds. The second kappa shape index (κ2) is 10.5. The Morgan fingerprint density at radius 3 is 2.32 bits per heavy atom. The fourth-order valence-corrected chi connectivity index (χ4v) is 5.04. The number of rotatable bonds is 7. The van der Waals surface area contributed by atoms with Crippen molar-refractivity contribution in [2.24, 2.45) is 0 Å². The van der Waals surface area contributed by atoms with E-state index >= 15 is 0 Å². The molecule has 1 saturated heterocycles. The van der Waals surface area contributed by atoms with Gasteiger partial charge in [0, 0.05) is 45.8 Å². The summed E-state index contributed by atoms with van der Waals surface area (Å²) in [6.45, 7) is 5.64. The van der Waals surface area contributed by atoms with Crippen LogP contribution in [0.1, 0.15) is 47.6 Å². The Morgan fingerprint density at radius 1 is 1.06 bits per heavy atom. The lowest BCUT2D eigenvalue weighted by Gasteiger charge is -2.45. The van der Waals surface area contributed by atoms with Gasteiger partial charge in [0.1, 0.15) is 6.04 Å². The highest BCUT2D eigenvalue weighted by Gasteiger charge is 2.35. The molecular weight excluding hydrogens is 439 g/mol. The van der Waals surface area contributed by atoms with Gasteiger partial charge in [-0.2, -0.15) is 13.2 Å². The third-order valence-corrected chi connectivity index (χ3v) is 7.23. The lowest BCUT2D eigenvalue weighted by molar-refractivity contribution is -0.138. The lowest BCUT2D eigenvalue weighted by Crippen LogP contribution is -2.54. The van der Waals surface area contributed by atoms with Crippen molar-refractivity contribution >= 4 is 5.91 Å².